The van der Waals surface area contributed by atoms with Crippen molar-refractivity contribution in [2.75, 3.05) is 6.61 Å². The van der Waals surface area contributed by atoms with Gasteiger partial charge in [0.15, 0.2) is 0 Å². The Bertz CT molecular complexity index is 385. The Labute approximate surface area is 116 Å². The molecule has 4 heteroatoms. The molecule has 106 valence electrons. The van der Waals surface area contributed by atoms with Crippen molar-refractivity contribution in [2.24, 2.45) is 0 Å². The lowest BCUT2D eigenvalue weighted by molar-refractivity contribution is 0.313. The predicted octanol–water partition coefficient (Wildman–Crippen LogP) is 2.40. The van der Waals surface area contributed by atoms with Crippen molar-refractivity contribution in [1.29, 1.82) is 0 Å². The fourth-order valence-corrected chi connectivity index (χ4v) is 2.02. The summed E-state index contributed by atoms with van der Waals surface area (Å²) in [6.07, 6.45) is 0.893. The molecule has 0 aromatic heterocycles. The van der Waals surface area contributed by atoms with Gasteiger partial charge in [-0.1, -0.05) is 46.8 Å². The van der Waals surface area contributed by atoms with Gasteiger partial charge in [0.05, 0.1) is 6.61 Å². The molecule has 0 unspecified atom stereocenters. The van der Waals surface area contributed by atoms with Crippen LogP contribution in [0.25, 0.3) is 0 Å². The lowest BCUT2D eigenvalue weighted by Gasteiger charge is -2.20. The minimum absolute atomic E-state index is 0.281. The number of hydrogen-bond donors (Lipinski definition) is 2. The molecule has 1 rings (SSSR count). The zero-order chi connectivity index (χ0) is 14.6. The maximum absolute atomic E-state index is 9.59. The summed E-state index contributed by atoms with van der Waals surface area (Å²) < 4.78 is 5.75. The summed E-state index contributed by atoms with van der Waals surface area (Å²) >= 11 is 0. The van der Waals surface area contributed by atoms with Crippen LogP contribution in [0.2, 0.25) is 0 Å². The van der Waals surface area contributed by atoms with Crippen molar-refractivity contribution >= 4 is 12.6 Å². The van der Waals surface area contributed by atoms with E-state index in [2.05, 4.69) is 33.8 Å². The first-order valence-corrected chi connectivity index (χ1v) is 7.05. The molecule has 2 N–H and O–H groups in total. The van der Waals surface area contributed by atoms with Crippen molar-refractivity contribution in [3.63, 3.8) is 0 Å². The number of benzene rings is 1. The fraction of sp³-hybridized carbons (Fsp3) is 0.600. The van der Waals surface area contributed by atoms with Gasteiger partial charge < -0.3 is 14.8 Å². The maximum Gasteiger partial charge on any atom is 0.492 e. The van der Waals surface area contributed by atoms with Crippen LogP contribution in [0.1, 0.15) is 64.0 Å². The van der Waals surface area contributed by atoms with E-state index in [0.29, 0.717) is 23.7 Å². The first kappa shape index (κ1) is 16.1. The molecule has 0 aliphatic carbocycles. The largest absolute Gasteiger partial charge is 0.494 e. The summed E-state index contributed by atoms with van der Waals surface area (Å²) in [4.78, 5) is 0. The molecule has 0 amide bonds. The first-order chi connectivity index (χ1) is 8.88. The standard InChI is InChI=1S/C15H25BO3/c1-6-7-19-15-13(11(4)5)8-12(10(2)3)9-14(15)16(17)18/h8-11,17-18H,6-7H2,1-5H3. The molecule has 19 heavy (non-hydrogen) atoms. The smallest absolute Gasteiger partial charge is 0.492 e. The quantitative estimate of drug-likeness (QED) is 0.776. The van der Waals surface area contributed by atoms with Crippen LogP contribution in [0.15, 0.2) is 12.1 Å². The molecule has 0 aliphatic heterocycles. The van der Waals surface area contributed by atoms with Crippen molar-refractivity contribution < 1.29 is 14.8 Å². The lowest BCUT2D eigenvalue weighted by Crippen LogP contribution is -2.33. The molecule has 0 radical (unpaired) electrons. The molecule has 0 atom stereocenters. The minimum atomic E-state index is -1.50. The molecular weight excluding hydrogens is 239 g/mol. The van der Waals surface area contributed by atoms with Gasteiger partial charge in [-0.15, -0.1) is 0 Å². The van der Waals surface area contributed by atoms with E-state index in [0.717, 1.165) is 17.5 Å². The highest BCUT2D eigenvalue weighted by Gasteiger charge is 2.23. The van der Waals surface area contributed by atoms with E-state index in [1.807, 2.05) is 13.0 Å². The van der Waals surface area contributed by atoms with Crippen molar-refractivity contribution in [3.05, 3.63) is 23.3 Å². The fourth-order valence-electron chi connectivity index (χ4n) is 2.02. The predicted molar refractivity (Wildman–Crippen MR) is 80.2 cm³/mol. The van der Waals surface area contributed by atoms with E-state index < -0.39 is 7.12 Å². The third-order valence-corrected chi connectivity index (χ3v) is 3.19. The summed E-state index contributed by atoms with van der Waals surface area (Å²) in [5.74, 6) is 1.26. The lowest BCUT2D eigenvalue weighted by atomic mass is 9.75. The van der Waals surface area contributed by atoms with Gasteiger partial charge in [0.1, 0.15) is 5.75 Å². The molecule has 3 nitrogen and oxygen atoms in total. The van der Waals surface area contributed by atoms with Crippen molar-refractivity contribution in [3.8, 4) is 5.75 Å². The van der Waals surface area contributed by atoms with E-state index in [9.17, 15) is 10.0 Å². The van der Waals surface area contributed by atoms with Crippen LogP contribution in [-0.4, -0.2) is 23.8 Å². The van der Waals surface area contributed by atoms with Crippen molar-refractivity contribution in [1.82, 2.24) is 0 Å². The van der Waals surface area contributed by atoms with E-state index in [1.165, 1.54) is 0 Å². The van der Waals surface area contributed by atoms with Crippen LogP contribution in [0.4, 0.5) is 0 Å². The highest BCUT2D eigenvalue weighted by Crippen LogP contribution is 2.29. The van der Waals surface area contributed by atoms with Crippen LogP contribution in [-0.2, 0) is 0 Å². The molecule has 0 aliphatic rings. The summed E-state index contributed by atoms with van der Waals surface area (Å²) in [5, 5.41) is 19.2. The second-order valence-corrected chi connectivity index (χ2v) is 5.56. The van der Waals surface area contributed by atoms with Gasteiger partial charge in [-0.2, -0.15) is 0 Å². The minimum Gasteiger partial charge on any atom is -0.494 e. The summed E-state index contributed by atoms with van der Waals surface area (Å²) in [7, 11) is -1.50. The molecule has 1 aromatic rings. The van der Waals surface area contributed by atoms with Crippen LogP contribution in [0, 0.1) is 0 Å². The van der Waals surface area contributed by atoms with E-state index >= 15 is 0 Å². The Kier molecular flexibility index (Phi) is 5.89. The SMILES string of the molecule is CCCOc1c(B(O)O)cc(C(C)C)cc1C(C)C. The molecule has 0 heterocycles. The zero-order valence-electron chi connectivity index (χ0n) is 12.6. The van der Waals surface area contributed by atoms with Crippen LogP contribution in [0.3, 0.4) is 0 Å². The van der Waals surface area contributed by atoms with Crippen LogP contribution >= 0.6 is 0 Å². The Morgan fingerprint density at radius 1 is 1.11 bits per heavy atom. The third-order valence-electron chi connectivity index (χ3n) is 3.19. The van der Waals surface area contributed by atoms with E-state index in [1.54, 1.807) is 0 Å². The average molecular weight is 264 g/mol. The number of hydrogen-bond acceptors (Lipinski definition) is 3. The van der Waals surface area contributed by atoms with Crippen molar-refractivity contribution in [2.45, 2.75) is 52.9 Å². The molecule has 0 saturated heterocycles. The van der Waals surface area contributed by atoms with Gasteiger partial charge in [-0.05, 0) is 29.4 Å². The van der Waals surface area contributed by atoms with E-state index in [-0.39, 0.29) is 5.92 Å². The Hall–Kier alpha value is -0.995. The van der Waals surface area contributed by atoms with E-state index in [4.69, 9.17) is 4.74 Å². The van der Waals surface area contributed by atoms with Gasteiger partial charge >= 0.3 is 7.12 Å². The van der Waals surface area contributed by atoms with Gasteiger partial charge in [-0.3, -0.25) is 0 Å². The average Bonchev–Trinajstić information content (AvgIpc) is 2.34. The number of rotatable bonds is 6. The highest BCUT2D eigenvalue weighted by atomic mass is 16.5. The van der Waals surface area contributed by atoms with Crippen LogP contribution in [0.5, 0.6) is 5.75 Å². The molecule has 1 aromatic carbocycles. The number of ether oxygens (including phenoxy) is 1. The van der Waals surface area contributed by atoms with Gasteiger partial charge in [0.2, 0.25) is 0 Å². The molecule has 0 saturated carbocycles. The van der Waals surface area contributed by atoms with Gasteiger partial charge in [0.25, 0.3) is 0 Å². The molecule has 0 spiro atoms. The normalized spacial score (nSPS) is 11.2. The summed E-state index contributed by atoms with van der Waals surface area (Å²) in [6.45, 7) is 11.0. The Balaban J connectivity index is 3.37. The summed E-state index contributed by atoms with van der Waals surface area (Å²) in [5.41, 5.74) is 2.63. The monoisotopic (exact) mass is 264 g/mol. The molecule has 0 fully saturated rings. The van der Waals surface area contributed by atoms with Gasteiger partial charge in [-0.25, -0.2) is 0 Å². The third kappa shape index (κ3) is 3.98. The second-order valence-electron chi connectivity index (χ2n) is 5.56. The maximum atomic E-state index is 9.59. The Morgan fingerprint density at radius 2 is 1.74 bits per heavy atom. The summed E-state index contributed by atoms with van der Waals surface area (Å²) in [6, 6.07) is 3.96. The second kappa shape index (κ2) is 6.97. The highest BCUT2D eigenvalue weighted by molar-refractivity contribution is 6.59. The topological polar surface area (TPSA) is 49.7 Å². The molecular formula is C15H25BO3. The van der Waals surface area contributed by atoms with Gasteiger partial charge in [0, 0.05) is 5.46 Å². The first-order valence-electron chi connectivity index (χ1n) is 7.05. The Morgan fingerprint density at radius 3 is 2.16 bits per heavy atom. The van der Waals surface area contributed by atoms with Crippen LogP contribution < -0.4 is 10.2 Å². The zero-order valence-corrected chi connectivity index (χ0v) is 12.6. The molecule has 0 bridgehead atoms.